The predicted octanol–water partition coefficient (Wildman–Crippen LogP) is 1.90. The average Bonchev–Trinajstić information content (AvgIpc) is 2.53. The van der Waals surface area contributed by atoms with Crippen molar-refractivity contribution in [1.29, 1.82) is 0 Å². The van der Waals surface area contributed by atoms with Crippen LogP contribution in [-0.4, -0.2) is 29.8 Å². The fourth-order valence-corrected chi connectivity index (χ4v) is 3.11. The number of benzene rings is 1. The van der Waals surface area contributed by atoms with E-state index in [2.05, 4.69) is 16.0 Å². The molecule has 20 heavy (non-hydrogen) atoms. The minimum absolute atomic E-state index is 0.261. The number of nitrogens with two attached hydrogens (primary N) is 1. The van der Waals surface area contributed by atoms with Crippen LogP contribution < -0.4 is 10.6 Å². The highest BCUT2D eigenvalue weighted by molar-refractivity contribution is 5.93. The van der Waals surface area contributed by atoms with Crippen molar-refractivity contribution >= 4 is 16.6 Å². The summed E-state index contributed by atoms with van der Waals surface area (Å²) in [6.45, 7) is 2.68. The zero-order chi connectivity index (χ0) is 13.9. The summed E-state index contributed by atoms with van der Waals surface area (Å²) in [6.07, 6.45) is 4.11. The monoisotopic (exact) mass is 271 g/mol. The van der Waals surface area contributed by atoms with Crippen molar-refractivity contribution in [2.45, 2.75) is 19.4 Å². The van der Waals surface area contributed by atoms with E-state index in [1.807, 2.05) is 24.4 Å². The minimum atomic E-state index is 0.261. The van der Waals surface area contributed by atoms with E-state index in [0.29, 0.717) is 12.5 Å². The number of aliphatic hydroxyl groups is 1. The number of aromatic nitrogens is 1. The lowest BCUT2D eigenvalue weighted by molar-refractivity contribution is 0.209. The Kier molecular flexibility index (Phi) is 3.85. The van der Waals surface area contributed by atoms with Crippen LogP contribution in [0.3, 0.4) is 0 Å². The molecule has 2 heterocycles. The van der Waals surface area contributed by atoms with E-state index in [9.17, 15) is 5.11 Å². The lowest BCUT2D eigenvalue weighted by Gasteiger charge is -2.35. The summed E-state index contributed by atoms with van der Waals surface area (Å²) >= 11 is 0. The van der Waals surface area contributed by atoms with Gasteiger partial charge in [0.15, 0.2) is 0 Å². The van der Waals surface area contributed by atoms with Gasteiger partial charge in [0.25, 0.3) is 0 Å². The topological polar surface area (TPSA) is 62.4 Å². The van der Waals surface area contributed by atoms with Crippen LogP contribution in [0.4, 0.5) is 5.69 Å². The molecule has 1 unspecified atom stereocenters. The summed E-state index contributed by atoms with van der Waals surface area (Å²) in [5, 5.41) is 10.6. The summed E-state index contributed by atoms with van der Waals surface area (Å²) in [6, 6.07) is 8.20. The summed E-state index contributed by atoms with van der Waals surface area (Å²) in [4.78, 5) is 6.86. The minimum Gasteiger partial charge on any atom is -0.396 e. The van der Waals surface area contributed by atoms with E-state index in [-0.39, 0.29) is 6.61 Å². The predicted molar refractivity (Wildman–Crippen MR) is 81.7 cm³/mol. The molecular weight excluding hydrogens is 250 g/mol. The second kappa shape index (κ2) is 5.77. The van der Waals surface area contributed by atoms with Gasteiger partial charge in [-0.15, -0.1) is 0 Å². The van der Waals surface area contributed by atoms with Crippen LogP contribution in [0.25, 0.3) is 10.9 Å². The molecule has 2 aromatic rings. The van der Waals surface area contributed by atoms with Gasteiger partial charge in [0.2, 0.25) is 0 Å². The first-order valence-corrected chi connectivity index (χ1v) is 7.26. The fourth-order valence-electron chi connectivity index (χ4n) is 3.11. The smallest absolute Gasteiger partial charge is 0.0723 e. The maximum Gasteiger partial charge on any atom is 0.0723 e. The van der Waals surface area contributed by atoms with Crippen LogP contribution in [0.5, 0.6) is 0 Å². The number of fused-ring (bicyclic) bond motifs is 1. The molecule has 0 aliphatic carbocycles. The molecule has 1 aromatic heterocycles. The molecule has 0 saturated carbocycles. The number of anilines is 1. The Hall–Kier alpha value is -1.65. The summed E-state index contributed by atoms with van der Waals surface area (Å²) in [5.74, 6) is 0.362. The van der Waals surface area contributed by atoms with E-state index in [4.69, 9.17) is 5.73 Å². The van der Waals surface area contributed by atoms with Gasteiger partial charge in [0.05, 0.1) is 11.2 Å². The van der Waals surface area contributed by atoms with E-state index in [1.165, 1.54) is 5.69 Å². The van der Waals surface area contributed by atoms with E-state index in [1.54, 1.807) is 0 Å². The molecular formula is C16H21N3O. The number of hydrogen-bond acceptors (Lipinski definition) is 4. The maximum atomic E-state index is 9.43. The normalized spacial score (nSPS) is 19.5. The SMILES string of the molecule is NCc1cnc2ccccc2c1N1CCCC(CO)C1. The van der Waals surface area contributed by atoms with Crippen molar-refractivity contribution in [3.8, 4) is 0 Å². The molecule has 1 aromatic carbocycles. The van der Waals surface area contributed by atoms with Crippen LogP contribution in [0, 0.1) is 5.92 Å². The number of rotatable bonds is 3. The Morgan fingerprint density at radius 3 is 3.00 bits per heavy atom. The molecule has 0 bridgehead atoms. The van der Waals surface area contributed by atoms with Gasteiger partial charge in [-0.05, 0) is 24.8 Å². The van der Waals surface area contributed by atoms with E-state index >= 15 is 0 Å². The van der Waals surface area contributed by atoms with Crippen molar-refractivity contribution in [1.82, 2.24) is 4.98 Å². The Morgan fingerprint density at radius 1 is 1.35 bits per heavy atom. The molecule has 4 heteroatoms. The Morgan fingerprint density at radius 2 is 2.20 bits per heavy atom. The van der Waals surface area contributed by atoms with Crippen molar-refractivity contribution in [3.05, 3.63) is 36.0 Å². The second-order valence-corrected chi connectivity index (χ2v) is 5.49. The number of hydrogen-bond donors (Lipinski definition) is 2. The fraction of sp³-hybridized carbons (Fsp3) is 0.438. The van der Waals surface area contributed by atoms with Gasteiger partial charge in [-0.1, -0.05) is 18.2 Å². The van der Waals surface area contributed by atoms with E-state index < -0.39 is 0 Å². The Balaban J connectivity index is 2.08. The number of nitrogens with zero attached hydrogens (tertiary/aromatic N) is 2. The third-order valence-corrected chi connectivity index (χ3v) is 4.14. The van der Waals surface area contributed by atoms with Crippen LogP contribution in [0.15, 0.2) is 30.5 Å². The summed E-state index contributed by atoms with van der Waals surface area (Å²) in [5.41, 5.74) is 9.20. The molecule has 0 spiro atoms. The molecule has 1 fully saturated rings. The standard InChI is InChI=1S/C16H21N3O/c17-8-13-9-18-15-6-2-1-5-14(15)16(13)19-7-3-4-12(10-19)11-20/h1-2,5-6,9,12,20H,3-4,7-8,10-11,17H2. The van der Waals surface area contributed by atoms with Gasteiger partial charge in [-0.3, -0.25) is 4.98 Å². The molecule has 3 N–H and O–H groups in total. The number of para-hydroxylation sites is 1. The summed E-state index contributed by atoms with van der Waals surface area (Å²) in [7, 11) is 0. The number of pyridine rings is 1. The van der Waals surface area contributed by atoms with Crippen LogP contribution >= 0.6 is 0 Å². The Labute approximate surface area is 119 Å². The van der Waals surface area contributed by atoms with Gasteiger partial charge in [0.1, 0.15) is 0 Å². The highest BCUT2D eigenvalue weighted by atomic mass is 16.3. The van der Waals surface area contributed by atoms with Crippen molar-refractivity contribution < 1.29 is 5.11 Å². The van der Waals surface area contributed by atoms with Crippen molar-refractivity contribution in [2.75, 3.05) is 24.6 Å². The van der Waals surface area contributed by atoms with Crippen molar-refractivity contribution in [3.63, 3.8) is 0 Å². The molecule has 0 radical (unpaired) electrons. The largest absolute Gasteiger partial charge is 0.396 e. The van der Waals surface area contributed by atoms with Crippen LogP contribution in [-0.2, 0) is 6.54 Å². The van der Waals surface area contributed by atoms with Gasteiger partial charge in [-0.2, -0.15) is 0 Å². The van der Waals surface area contributed by atoms with Gasteiger partial charge < -0.3 is 15.7 Å². The third-order valence-electron chi connectivity index (χ3n) is 4.14. The first-order chi connectivity index (χ1) is 9.83. The molecule has 3 rings (SSSR count). The van der Waals surface area contributed by atoms with E-state index in [0.717, 1.165) is 42.4 Å². The zero-order valence-electron chi connectivity index (χ0n) is 11.6. The lowest BCUT2D eigenvalue weighted by atomic mass is 9.97. The molecule has 1 saturated heterocycles. The highest BCUT2D eigenvalue weighted by Crippen LogP contribution is 2.32. The molecule has 4 nitrogen and oxygen atoms in total. The molecule has 0 amide bonds. The summed E-state index contributed by atoms with van der Waals surface area (Å²) < 4.78 is 0. The first kappa shape index (κ1) is 13.3. The zero-order valence-corrected chi connectivity index (χ0v) is 11.6. The Bertz CT molecular complexity index is 599. The average molecular weight is 271 g/mol. The van der Waals surface area contributed by atoms with Gasteiger partial charge >= 0.3 is 0 Å². The number of aliphatic hydroxyl groups excluding tert-OH is 1. The third kappa shape index (κ3) is 2.37. The maximum absolute atomic E-state index is 9.43. The lowest BCUT2D eigenvalue weighted by Crippen LogP contribution is -2.37. The highest BCUT2D eigenvalue weighted by Gasteiger charge is 2.22. The number of piperidine rings is 1. The van der Waals surface area contributed by atoms with Gasteiger partial charge in [-0.25, -0.2) is 0 Å². The van der Waals surface area contributed by atoms with Gasteiger partial charge in [0, 0.05) is 43.4 Å². The molecule has 1 aliphatic rings. The molecule has 106 valence electrons. The van der Waals surface area contributed by atoms with Crippen molar-refractivity contribution in [2.24, 2.45) is 11.7 Å². The molecule has 1 atom stereocenters. The first-order valence-electron chi connectivity index (χ1n) is 7.26. The second-order valence-electron chi connectivity index (χ2n) is 5.49. The quantitative estimate of drug-likeness (QED) is 0.895. The molecule has 1 aliphatic heterocycles. The van der Waals surface area contributed by atoms with Crippen LogP contribution in [0.1, 0.15) is 18.4 Å². The van der Waals surface area contributed by atoms with Crippen LogP contribution in [0.2, 0.25) is 0 Å².